The molecule has 11 nitrogen and oxygen atoms in total. The highest BCUT2D eigenvalue weighted by Gasteiger charge is 2.36. The summed E-state index contributed by atoms with van der Waals surface area (Å²) in [6, 6.07) is 8.36. The Balaban J connectivity index is 1.76. The van der Waals surface area contributed by atoms with Crippen molar-refractivity contribution in [2.75, 3.05) is 7.11 Å². The fourth-order valence-electron chi connectivity index (χ4n) is 3.82. The standard InChI is InChI=1S/C23H20N4O7/c1-13-9-15(14(2)26(13)19-11-16(27(31)32)6-7-20(19)33-3)10-18-21(28)24-23(30)25(22(18)29)12-17-5-4-8-34-17/h4-11H,12H2,1-3H3,(H,24,28,30). The van der Waals surface area contributed by atoms with Crippen molar-refractivity contribution in [3.05, 3.63) is 81.1 Å². The summed E-state index contributed by atoms with van der Waals surface area (Å²) in [5.41, 5.74) is 1.92. The number of aromatic nitrogens is 1. The van der Waals surface area contributed by atoms with Gasteiger partial charge in [-0.3, -0.25) is 29.9 Å². The topological polar surface area (TPSA) is 137 Å². The van der Waals surface area contributed by atoms with Crippen LogP contribution in [0.2, 0.25) is 0 Å². The minimum absolute atomic E-state index is 0.114. The maximum Gasteiger partial charge on any atom is 0.331 e. The van der Waals surface area contributed by atoms with Crippen LogP contribution >= 0.6 is 0 Å². The van der Waals surface area contributed by atoms with Crippen LogP contribution in [0.15, 0.2) is 52.7 Å². The number of non-ortho nitro benzene ring substituents is 1. The number of furan rings is 1. The number of methoxy groups -OCH3 is 1. The molecule has 1 aliphatic heterocycles. The van der Waals surface area contributed by atoms with Crippen molar-refractivity contribution < 1.29 is 28.5 Å². The summed E-state index contributed by atoms with van der Waals surface area (Å²) in [6.45, 7) is 3.39. The number of benzene rings is 1. The van der Waals surface area contributed by atoms with Gasteiger partial charge < -0.3 is 13.7 Å². The van der Waals surface area contributed by atoms with E-state index in [0.29, 0.717) is 34.1 Å². The Hall–Kier alpha value is -4.67. The average molecular weight is 464 g/mol. The molecule has 3 aromatic rings. The van der Waals surface area contributed by atoms with E-state index in [1.165, 1.54) is 37.6 Å². The summed E-state index contributed by atoms with van der Waals surface area (Å²) < 4.78 is 12.3. The van der Waals surface area contributed by atoms with E-state index in [-0.39, 0.29) is 17.8 Å². The van der Waals surface area contributed by atoms with Gasteiger partial charge in [-0.15, -0.1) is 0 Å². The Bertz CT molecular complexity index is 1350. The largest absolute Gasteiger partial charge is 0.495 e. The molecule has 11 heteroatoms. The second-order valence-corrected chi connectivity index (χ2v) is 7.56. The first-order valence-corrected chi connectivity index (χ1v) is 10.1. The molecule has 4 amide bonds. The number of carbonyl (C=O) groups is 3. The molecule has 34 heavy (non-hydrogen) atoms. The van der Waals surface area contributed by atoms with Crippen LogP contribution in [-0.4, -0.2) is 39.3 Å². The molecular formula is C23H20N4O7. The van der Waals surface area contributed by atoms with Crippen molar-refractivity contribution in [2.24, 2.45) is 0 Å². The van der Waals surface area contributed by atoms with Crippen molar-refractivity contribution in [3.8, 4) is 11.4 Å². The van der Waals surface area contributed by atoms with Gasteiger partial charge in [0, 0.05) is 23.5 Å². The molecular weight excluding hydrogens is 444 g/mol. The minimum Gasteiger partial charge on any atom is -0.495 e. The van der Waals surface area contributed by atoms with E-state index in [2.05, 4.69) is 5.32 Å². The fourth-order valence-corrected chi connectivity index (χ4v) is 3.82. The van der Waals surface area contributed by atoms with Gasteiger partial charge in [-0.2, -0.15) is 0 Å². The lowest BCUT2D eigenvalue weighted by Crippen LogP contribution is -2.53. The monoisotopic (exact) mass is 464 g/mol. The lowest BCUT2D eigenvalue weighted by Gasteiger charge is -2.25. The maximum absolute atomic E-state index is 13.0. The van der Waals surface area contributed by atoms with Crippen LogP contribution in [0.25, 0.3) is 11.8 Å². The minimum atomic E-state index is -0.838. The predicted octanol–water partition coefficient (Wildman–Crippen LogP) is 3.27. The number of carbonyl (C=O) groups excluding carboxylic acids is 3. The normalized spacial score (nSPS) is 15.1. The van der Waals surface area contributed by atoms with Gasteiger partial charge in [-0.25, -0.2) is 4.79 Å². The van der Waals surface area contributed by atoms with E-state index in [9.17, 15) is 24.5 Å². The zero-order valence-corrected chi connectivity index (χ0v) is 18.5. The fraction of sp³-hybridized carbons (Fsp3) is 0.174. The van der Waals surface area contributed by atoms with Gasteiger partial charge >= 0.3 is 6.03 Å². The molecule has 0 unspecified atom stereocenters. The average Bonchev–Trinajstić information content (AvgIpc) is 3.41. The number of urea groups is 1. The summed E-state index contributed by atoms with van der Waals surface area (Å²) >= 11 is 0. The Labute approximate surface area is 193 Å². The Morgan fingerprint density at radius 3 is 2.59 bits per heavy atom. The number of amides is 4. The number of nitrogens with zero attached hydrogens (tertiary/aromatic N) is 3. The summed E-state index contributed by atoms with van der Waals surface area (Å²) in [5.74, 6) is -0.784. The van der Waals surface area contributed by atoms with E-state index in [1.54, 1.807) is 36.6 Å². The van der Waals surface area contributed by atoms with Gasteiger partial charge in [-0.05, 0) is 49.8 Å². The summed E-state index contributed by atoms with van der Waals surface area (Å²) in [7, 11) is 1.46. The van der Waals surface area contributed by atoms with E-state index < -0.39 is 22.8 Å². The first-order valence-electron chi connectivity index (χ1n) is 10.1. The number of nitro groups is 1. The SMILES string of the molecule is COc1ccc([N+](=O)[O-])cc1-n1c(C)cc(C=C2C(=O)NC(=O)N(Cc3ccco3)C2=O)c1C. The van der Waals surface area contributed by atoms with Crippen molar-refractivity contribution in [2.45, 2.75) is 20.4 Å². The number of hydrogen-bond acceptors (Lipinski definition) is 7. The molecule has 3 heterocycles. The van der Waals surface area contributed by atoms with Crippen LogP contribution in [0.3, 0.4) is 0 Å². The van der Waals surface area contributed by atoms with Crippen molar-refractivity contribution in [1.82, 2.24) is 14.8 Å². The molecule has 1 aliphatic rings. The molecule has 0 radical (unpaired) electrons. The predicted molar refractivity (Wildman–Crippen MR) is 119 cm³/mol. The zero-order valence-electron chi connectivity index (χ0n) is 18.5. The van der Waals surface area contributed by atoms with Gasteiger partial charge in [0.25, 0.3) is 17.5 Å². The Morgan fingerprint density at radius 1 is 1.18 bits per heavy atom. The van der Waals surface area contributed by atoms with Crippen LogP contribution in [0.4, 0.5) is 10.5 Å². The van der Waals surface area contributed by atoms with Crippen molar-refractivity contribution >= 4 is 29.6 Å². The van der Waals surface area contributed by atoms with Gasteiger partial charge in [0.2, 0.25) is 0 Å². The molecule has 0 spiro atoms. The number of aryl methyl sites for hydroxylation is 1. The van der Waals surface area contributed by atoms with Gasteiger partial charge in [0.1, 0.15) is 17.1 Å². The van der Waals surface area contributed by atoms with Crippen LogP contribution < -0.4 is 10.1 Å². The quantitative estimate of drug-likeness (QED) is 0.256. The van der Waals surface area contributed by atoms with Gasteiger partial charge in [-0.1, -0.05) is 0 Å². The van der Waals surface area contributed by atoms with E-state index in [0.717, 1.165) is 4.90 Å². The molecule has 1 N–H and O–H groups in total. The van der Waals surface area contributed by atoms with Crippen LogP contribution in [-0.2, 0) is 16.1 Å². The number of ether oxygens (including phenoxy) is 1. The lowest BCUT2D eigenvalue weighted by molar-refractivity contribution is -0.384. The van der Waals surface area contributed by atoms with Crippen molar-refractivity contribution in [3.63, 3.8) is 0 Å². The molecule has 0 aliphatic carbocycles. The zero-order chi connectivity index (χ0) is 24.6. The number of imide groups is 2. The van der Waals surface area contributed by atoms with E-state index >= 15 is 0 Å². The molecule has 0 saturated carbocycles. The second-order valence-electron chi connectivity index (χ2n) is 7.56. The third-order valence-corrected chi connectivity index (χ3v) is 5.46. The van der Waals surface area contributed by atoms with E-state index in [4.69, 9.17) is 9.15 Å². The lowest BCUT2D eigenvalue weighted by atomic mass is 10.1. The smallest absolute Gasteiger partial charge is 0.331 e. The molecule has 2 aromatic heterocycles. The number of nitrogens with one attached hydrogen (secondary N) is 1. The highest BCUT2D eigenvalue weighted by molar-refractivity contribution is 6.31. The molecule has 4 rings (SSSR count). The molecule has 0 bridgehead atoms. The van der Waals surface area contributed by atoms with Crippen molar-refractivity contribution in [1.29, 1.82) is 0 Å². The summed E-state index contributed by atoms with van der Waals surface area (Å²) in [5, 5.41) is 13.5. The molecule has 1 aromatic carbocycles. The molecule has 1 saturated heterocycles. The van der Waals surface area contributed by atoms with E-state index in [1.807, 2.05) is 0 Å². The highest BCUT2D eigenvalue weighted by atomic mass is 16.6. The number of nitro benzene ring substituents is 1. The van der Waals surface area contributed by atoms with Crippen LogP contribution in [0.1, 0.15) is 22.7 Å². The van der Waals surface area contributed by atoms with Crippen LogP contribution in [0.5, 0.6) is 5.75 Å². The third kappa shape index (κ3) is 3.94. The highest BCUT2D eigenvalue weighted by Crippen LogP contribution is 2.32. The summed E-state index contributed by atoms with van der Waals surface area (Å²) in [6.07, 6.45) is 2.81. The first kappa shape index (κ1) is 22.5. The second kappa shape index (κ2) is 8.70. The van der Waals surface area contributed by atoms with Crippen LogP contribution in [0, 0.1) is 24.0 Å². The number of barbiturate groups is 1. The number of hydrogen-bond donors (Lipinski definition) is 1. The number of rotatable bonds is 6. The molecule has 174 valence electrons. The Morgan fingerprint density at radius 2 is 1.94 bits per heavy atom. The molecule has 0 atom stereocenters. The van der Waals surface area contributed by atoms with Gasteiger partial charge in [0.15, 0.2) is 0 Å². The maximum atomic E-state index is 13.0. The first-order chi connectivity index (χ1) is 16.2. The summed E-state index contributed by atoms with van der Waals surface area (Å²) in [4.78, 5) is 49.4. The Kier molecular flexibility index (Phi) is 5.76. The molecule has 1 fully saturated rings. The third-order valence-electron chi connectivity index (χ3n) is 5.46. The van der Waals surface area contributed by atoms with Gasteiger partial charge in [0.05, 0.1) is 30.5 Å².